The Morgan fingerprint density at radius 2 is 1.73 bits per heavy atom. The van der Waals surface area contributed by atoms with Gasteiger partial charge >= 0.3 is 0 Å². The molecular formula is C23H34N4O2S. The first kappa shape index (κ1) is 21.4. The molecule has 6 nitrogen and oxygen atoms in total. The summed E-state index contributed by atoms with van der Waals surface area (Å²) in [5.41, 5.74) is 1.29. The Bertz CT molecular complexity index is 877. The second kappa shape index (κ2) is 9.96. The van der Waals surface area contributed by atoms with E-state index in [2.05, 4.69) is 26.3 Å². The zero-order chi connectivity index (χ0) is 20.9. The Balaban J connectivity index is 1.28. The number of hydrogen-bond acceptors (Lipinski definition) is 5. The molecule has 0 bridgehead atoms. The van der Waals surface area contributed by atoms with E-state index in [1.807, 2.05) is 6.07 Å². The summed E-state index contributed by atoms with van der Waals surface area (Å²) in [4.78, 5) is 2.51. The van der Waals surface area contributed by atoms with E-state index in [4.69, 9.17) is 26.8 Å². The minimum absolute atomic E-state index is 0.769. The van der Waals surface area contributed by atoms with Crippen molar-refractivity contribution in [2.75, 3.05) is 27.3 Å². The van der Waals surface area contributed by atoms with Crippen LogP contribution in [0.4, 0.5) is 0 Å². The van der Waals surface area contributed by atoms with E-state index in [1.54, 1.807) is 14.2 Å². The van der Waals surface area contributed by atoms with E-state index in [0.717, 1.165) is 61.3 Å². The van der Waals surface area contributed by atoms with Gasteiger partial charge in [-0.2, -0.15) is 5.10 Å². The summed E-state index contributed by atoms with van der Waals surface area (Å²) in [6, 6.07) is 6.19. The van der Waals surface area contributed by atoms with Gasteiger partial charge in [0.1, 0.15) is 17.3 Å². The van der Waals surface area contributed by atoms with Crippen LogP contribution in [0.2, 0.25) is 0 Å². The quantitative estimate of drug-likeness (QED) is 0.607. The lowest BCUT2D eigenvalue weighted by atomic mass is 9.90. The molecule has 0 amide bonds. The number of aryl methyl sites for hydroxylation is 2. The summed E-state index contributed by atoms with van der Waals surface area (Å²) in [5, 5.41) is 4.84. The standard InChI is InChI=1S/C23H34N4O2S/c1-28-20-14-19(15-21(16-20)29-2)8-7-18-9-12-25(13-10-18)17-27-23(30)26-11-5-3-4-6-22(26)24-27/h14-16,18H,3-13,17H2,1-2H3. The topological polar surface area (TPSA) is 44.5 Å². The number of ether oxygens (including phenoxy) is 2. The van der Waals surface area contributed by atoms with Gasteiger partial charge in [-0.1, -0.05) is 6.42 Å². The lowest BCUT2D eigenvalue weighted by Gasteiger charge is -2.31. The molecule has 3 heterocycles. The van der Waals surface area contributed by atoms with Gasteiger partial charge in [-0.05, 0) is 74.4 Å². The van der Waals surface area contributed by atoms with Crippen molar-refractivity contribution in [2.45, 2.75) is 64.6 Å². The monoisotopic (exact) mass is 430 g/mol. The molecule has 0 radical (unpaired) electrons. The molecule has 2 aromatic rings. The zero-order valence-electron chi connectivity index (χ0n) is 18.3. The number of methoxy groups -OCH3 is 2. The predicted molar refractivity (Wildman–Crippen MR) is 121 cm³/mol. The molecule has 0 atom stereocenters. The second-order valence-corrected chi connectivity index (χ2v) is 8.99. The molecule has 1 aromatic heterocycles. The van der Waals surface area contributed by atoms with Crippen LogP contribution in [-0.2, 0) is 26.1 Å². The van der Waals surface area contributed by atoms with Gasteiger partial charge < -0.3 is 14.0 Å². The first-order chi connectivity index (χ1) is 14.7. The lowest BCUT2D eigenvalue weighted by Crippen LogP contribution is -2.35. The first-order valence-corrected chi connectivity index (χ1v) is 11.7. The highest BCUT2D eigenvalue weighted by Gasteiger charge is 2.21. The van der Waals surface area contributed by atoms with Gasteiger partial charge in [0.05, 0.1) is 20.9 Å². The van der Waals surface area contributed by atoms with Gasteiger partial charge in [-0.25, -0.2) is 4.68 Å². The Kier molecular flexibility index (Phi) is 7.10. The van der Waals surface area contributed by atoms with Crippen LogP contribution in [0.15, 0.2) is 18.2 Å². The molecule has 164 valence electrons. The lowest BCUT2D eigenvalue weighted by molar-refractivity contribution is 0.136. The average Bonchev–Trinajstić information content (AvgIpc) is 2.94. The van der Waals surface area contributed by atoms with Crippen molar-refractivity contribution < 1.29 is 9.47 Å². The number of benzene rings is 1. The van der Waals surface area contributed by atoms with Crippen molar-refractivity contribution in [1.29, 1.82) is 0 Å². The normalized spacial score (nSPS) is 18.1. The van der Waals surface area contributed by atoms with Gasteiger partial charge in [0.2, 0.25) is 0 Å². The van der Waals surface area contributed by atoms with Crippen LogP contribution >= 0.6 is 12.2 Å². The highest BCUT2D eigenvalue weighted by Crippen LogP contribution is 2.27. The van der Waals surface area contributed by atoms with Crippen LogP contribution in [0.5, 0.6) is 11.5 Å². The Hall–Kier alpha value is -1.86. The highest BCUT2D eigenvalue weighted by molar-refractivity contribution is 7.71. The van der Waals surface area contributed by atoms with Crippen LogP contribution in [0.1, 0.15) is 49.9 Å². The Morgan fingerprint density at radius 3 is 2.43 bits per heavy atom. The summed E-state index contributed by atoms with van der Waals surface area (Å²) in [7, 11) is 3.41. The number of rotatable bonds is 7. The second-order valence-electron chi connectivity index (χ2n) is 8.62. The maximum Gasteiger partial charge on any atom is 0.199 e. The number of fused-ring (bicyclic) bond motifs is 1. The molecule has 1 fully saturated rings. The van der Waals surface area contributed by atoms with Crippen LogP contribution in [-0.4, -0.2) is 46.6 Å². The molecule has 0 unspecified atom stereocenters. The molecule has 0 saturated carbocycles. The van der Waals surface area contributed by atoms with Crippen molar-refractivity contribution >= 4 is 12.2 Å². The summed E-state index contributed by atoms with van der Waals surface area (Å²) in [6.07, 6.45) is 9.55. The van der Waals surface area contributed by atoms with E-state index in [1.165, 1.54) is 49.9 Å². The number of nitrogens with zero attached hydrogens (tertiary/aromatic N) is 4. The predicted octanol–water partition coefficient (Wildman–Crippen LogP) is 4.46. The third-order valence-corrected chi connectivity index (χ3v) is 7.01. The molecule has 0 spiro atoms. The average molecular weight is 431 g/mol. The molecular weight excluding hydrogens is 396 g/mol. The number of likely N-dealkylation sites (tertiary alicyclic amines) is 1. The summed E-state index contributed by atoms with van der Waals surface area (Å²) < 4.78 is 16.0. The SMILES string of the molecule is COc1cc(CCC2CCN(Cn3nc4n(c3=S)CCCCC4)CC2)cc(OC)c1. The fourth-order valence-corrected chi connectivity index (χ4v) is 5.00. The summed E-state index contributed by atoms with van der Waals surface area (Å²) in [5.74, 6) is 3.69. The van der Waals surface area contributed by atoms with E-state index >= 15 is 0 Å². The van der Waals surface area contributed by atoms with E-state index < -0.39 is 0 Å². The van der Waals surface area contributed by atoms with Gasteiger partial charge in [0, 0.05) is 32.1 Å². The number of hydrogen-bond donors (Lipinski definition) is 0. The molecule has 0 aliphatic carbocycles. The molecule has 1 saturated heterocycles. The Labute approximate surface area is 184 Å². The minimum atomic E-state index is 0.769. The van der Waals surface area contributed by atoms with Crippen LogP contribution in [0.3, 0.4) is 0 Å². The fourth-order valence-electron chi connectivity index (χ4n) is 4.70. The first-order valence-electron chi connectivity index (χ1n) is 11.3. The highest BCUT2D eigenvalue weighted by atomic mass is 32.1. The Morgan fingerprint density at radius 1 is 1.00 bits per heavy atom. The van der Waals surface area contributed by atoms with Gasteiger partial charge in [0.15, 0.2) is 4.77 Å². The summed E-state index contributed by atoms with van der Waals surface area (Å²) >= 11 is 5.72. The molecule has 2 aliphatic rings. The van der Waals surface area contributed by atoms with Crippen LogP contribution in [0.25, 0.3) is 0 Å². The van der Waals surface area contributed by atoms with Crippen LogP contribution in [0, 0.1) is 10.7 Å². The number of piperidine rings is 1. The van der Waals surface area contributed by atoms with Crippen molar-refractivity contribution in [3.63, 3.8) is 0 Å². The smallest absolute Gasteiger partial charge is 0.199 e. The minimum Gasteiger partial charge on any atom is -0.497 e. The van der Waals surface area contributed by atoms with Crippen molar-refractivity contribution in [3.05, 3.63) is 34.4 Å². The van der Waals surface area contributed by atoms with E-state index in [9.17, 15) is 0 Å². The molecule has 30 heavy (non-hydrogen) atoms. The zero-order valence-corrected chi connectivity index (χ0v) is 19.1. The van der Waals surface area contributed by atoms with E-state index in [-0.39, 0.29) is 0 Å². The van der Waals surface area contributed by atoms with Crippen molar-refractivity contribution in [3.8, 4) is 11.5 Å². The fraction of sp³-hybridized carbons (Fsp3) is 0.652. The van der Waals surface area contributed by atoms with Gasteiger partial charge in [0.25, 0.3) is 0 Å². The van der Waals surface area contributed by atoms with E-state index in [0.29, 0.717) is 0 Å². The maximum absolute atomic E-state index is 5.72. The largest absolute Gasteiger partial charge is 0.497 e. The molecule has 7 heteroatoms. The third-order valence-electron chi connectivity index (χ3n) is 6.58. The van der Waals surface area contributed by atoms with Crippen LogP contribution < -0.4 is 9.47 Å². The molecule has 4 rings (SSSR count). The number of aromatic nitrogens is 3. The maximum atomic E-state index is 5.72. The summed E-state index contributed by atoms with van der Waals surface area (Å²) in [6.45, 7) is 4.11. The third kappa shape index (κ3) is 5.06. The molecule has 2 aliphatic heterocycles. The van der Waals surface area contributed by atoms with Gasteiger partial charge in [-0.3, -0.25) is 4.90 Å². The molecule has 1 aromatic carbocycles. The van der Waals surface area contributed by atoms with Gasteiger partial charge in [-0.15, -0.1) is 0 Å². The van der Waals surface area contributed by atoms with Crippen molar-refractivity contribution in [1.82, 2.24) is 19.2 Å². The molecule has 0 N–H and O–H groups in total. The van der Waals surface area contributed by atoms with Crippen molar-refractivity contribution in [2.24, 2.45) is 5.92 Å².